The number of hydrogen-bond donors (Lipinski definition) is 0. The van der Waals surface area contributed by atoms with E-state index in [4.69, 9.17) is 0 Å². The molecule has 0 spiro atoms. The molecule has 0 aliphatic heterocycles. The molecule has 11 heteroatoms. The molecule has 1 nitrogen and oxygen atoms in total. The van der Waals surface area contributed by atoms with E-state index in [-0.39, 0.29) is 38.7 Å². The Bertz CT molecular complexity index is 1170. The van der Waals surface area contributed by atoms with Crippen LogP contribution in [0.1, 0.15) is 13.8 Å². The van der Waals surface area contributed by atoms with Gasteiger partial charge < -0.3 is 4.79 Å². The van der Waals surface area contributed by atoms with E-state index >= 15 is 0 Å². The largest absolute Gasteiger partial charge is 2.00 e. The first-order valence-corrected chi connectivity index (χ1v) is 18.6. The smallest absolute Gasteiger partial charge is 0.0622 e. The van der Waals surface area contributed by atoms with Gasteiger partial charge in [0.05, 0.1) is 0 Å². The maximum atomic E-state index is 9.87. The van der Waals surface area contributed by atoms with Crippen LogP contribution >= 0.6 is 23.7 Å². The topological polar surface area (TPSA) is 17.1 Å². The summed E-state index contributed by atoms with van der Waals surface area (Å²) >= 11 is 0. The number of Topliss-reactive ketones (excluding diaryl/α,β-unsaturated/α-hetero) is 1. The number of halogens is 6. The van der Waals surface area contributed by atoms with E-state index in [0.717, 1.165) is 0 Å². The zero-order valence-corrected chi connectivity index (χ0v) is 28.5. The van der Waals surface area contributed by atoms with E-state index in [9.17, 15) is 30.0 Å². The Hall–Kier alpha value is -2.06. The SMILES string of the molecule is CC(C)=O.F[P-](F)(F)(F)(F)F.[CH]1[CH][CH][CH][CH]1.[Fe+2].c1ccc(P(CCP(c2ccccc2)c2ccccc2)c2ccccc2)cc1. The molecule has 4 aromatic carbocycles. The summed E-state index contributed by atoms with van der Waals surface area (Å²) in [5, 5.41) is 5.89. The van der Waals surface area contributed by atoms with Gasteiger partial charge >= 0.3 is 50.1 Å². The minimum absolute atomic E-state index is 0. The van der Waals surface area contributed by atoms with Gasteiger partial charge in [0.2, 0.25) is 0 Å². The van der Waals surface area contributed by atoms with Crippen molar-refractivity contribution in [2.75, 3.05) is 12.3 Å². The molecule has 0 N–H and O–H groups in total. The maximum Gasteiger partial charge on any atom is 2.00 e. The number of rotatable bonds is 7. The van der Waals surface area contributed by atoms with Crippen molar-refractivity contribution < 1.29 is 47.0 Å². The molecule has 0 atom stereocenters. The molecule has 45 heavy (non-hydrogen) atoms. The van der Waals surface area contributed by atoms with Gasteiger partial charge in [-0.2, -0.15) is 0 Å². The van der Waals surface area contributed by atoms with E-state index in [2.05, 4.69) is 121 Å². The molecule has 5 rings (SSSR count). The zero-order chi connectivity index (χ0) is 32.5. The molecule has 1 saturated carbocycles. The Labute approximate surface area is 276 Å². The Morgan fingerprint density at radius 1 is 0.467 bits per heavy atom. The van der Waals surface area contributed by atoms with E-state index < -0.39 is 7.81 Å². The molecule has 0 amide bonds. The summed E-state index contributed by atoms with van der Waals surface area (Å²) in [6.07, 6.45) is 12.4. The summed E-state index contributed by atoms with van der Waals surface area (Å²) in [6.45, 7) is 3.06. The molecule has 4 aromatic rings. The fourth-order valence-corrected chi connectivity index (χ4v) is 9.12. The van der Waals surface area contributed by atoms with Crippen LogP contribution in [0, 0.1) is 32.1 Å². The molecule has 0 aromatic heterocycles. The standard InChI is InChI=1S/C26H24P2.C5H5.C3H6O.F6P.Fe/c1-5-13-23(14-6-1)27(24-15-7-2-8-16-24)21-22-28(25-17-9-3-10-18-25)26-19-11-4-12-20-26;1-2-4-5-3-1;1-3(2)4;1-7(2,3,4,5)6;/h1-20H,21-22H2;1-5H;1-2H3;;/q;;;-1;+2. The minimum Gasteiger partial charge on any atom is -0.0622 e. The van der Waals surface area contributed by atoms with Gasteiger partial charge in [0, 0.05) is 0 Å². The van der Waals surface area contributed by atoms with Crippen LogP contribution in [0.2, 0.25) is 0 Å². The van der Waals surface area contributed by atoms with E-state index in [1.807, 2.05) is 32.1 Å². The van der Waals surface area contributed by atoms with Crippen molar-refractivity contribution in [1.29, 1.82) is 0 Å². The van der Waals surface area contributed by atoms with Crippen LogP contribution in [0.3, 0.4) is 0 Å². The van der Waals surface area contributed by atoms with Crippen molar-refractivity contribution in [2.24, 2.45) is 0 Å². The average Bonchev–Trinajstić information content (AvgIpc) is 3.56. The van der Waals surface area contributed by atoms with Crippen molar-refractivity contribution in [2.45, 2.75) is 13.8 Å². The van der Waals surface area contributed by atoms with Gasteiger partial charge in [-0.15, -0.1) is 0 Å². The summed E-state index contributed by atoms with van der Waals surface area (Å²) in [7, 11) is -11.4. The van der Waals surface area contributed by atoms with Crippen molar-refractivity contribution >= 4 is 50.7 Å². The van der Waals surface area contributed by atoms with E-state index in [1.165, 1.54) is 47.4 Å². The van der Waals surface area contributed by atoms with Crippen LogP contribution in [-0.2, 0) is 21.9 Å². The van der Waals surface area contributed by atoms with Crippen LogP contribution in [0.4, 0.5) is 25.2 Å². The third-order valence-electron chi connectivity index (χ3n) is 5.37. The van der Waals surface area contributed by atoms with Gasteiger partial charge in [-0.3, -0.25) is 0 Å². The third-order valence-corrected chi connectivity index (χ3v) is 10.8. The average molecular weight is 722 g/mol. The first-order valence-electron chi connectivity index (χ1n) is 13.6. The number of carbonyl (C=O) groups is 1. The molecule has 0 unspecified atom stereocenters. The number of ketones is 1. The number of hydrogen-bond acceptors (Lipinski definition) is 1. The first kappa shape index (κ1) is 41.0. The van der Waals surface area contributed by atoms with Gasteiger partial charge in [0.15, 0.2) is 0 Å². The Kier molecular flexibility index (Phi) is 17.2. The molecular weight excluding hydrogens is 687 g/mol. The number of carbonyl (C=O) groups excluding carboxylic acids is 1. The Morgan fingerprint density at radius 3 is 0.778 bits per heavy atom. The predicted octanol–water partition coefficient (Wildman–Crippen LogP) is 10.2. The first-order chi connectivity index (χ1) is 20.6. The molecule has 1 fully saturated rings. The Morgan fingerprint density at radius 2 is 0.622 bits per heavy atom. The summed E-state index contributed by atoms with van der Waals surface area (Å²) in [5.41, 5.74) is 0. The molecule has 5 radical (unpaired) electrons. The molecule has 0 bridgehead atoms. The fraction of sp³-hybridized carbons (Fsp3) is 0.118. The molecule has 0 saturated heterocycles. The third kappa shape index (κ3) is 21.4. The van der Waals surface area contributed by atoms with Crippen LogP contribution in [0.5, 0.6) is 0 Å². The molecule has 1 aliphatic carbocycles. The zero-order valence-electron chi connectivity index (χ0n) is 24.7. The van der Waals surface area contributed by atoms with Gasteiger partial charge in [-0.1, -0.05) is 121 Å². The van der Waals surface area contributed by atoms with Crippen molar-refractivity contribution in [3.05, 3.63) is 153 Å². The molecule has 241 valence electrons. The van der Waals surface area contributed by atoms with Crippen LogP contribution < -0.4 is 21.2 Å². The predicted molar refractivity (Wildman–Crippen MR) is 179 cm³/mol. The normalized spacial score (nSPS) is 13.7. The summed E-state index contributed by atoms with van der Waals surface area (Å²) in [4.78, 5) is 9.44. The number of benzene rings is 4. The van der Waals surface area contributed by atoms with Crippen molar-refractivity contribution in [3.63, 3.8) is 0 Å². The van der Waals surface area contributed by atoms with Gasteiger partial charge in [-0.05, 0) is 95.3 Å². The fourth-order valence-electron chi connectivity index (χ4n) is 3.77. The van der Waals surface area contributed by atoms with Gasteiger partial charge in [-0.25, -0.2) is 0 Å². The van der Waals surface area contributed by atoms with Gasteiger partial charge in [0.25, 0.3) is 0 Å². The minimum atomic E-state index is -10.7. The van der Waals surface area contributed by atoms with Crippen LogP contribution in [0.15, 0.2) is 121 Å². The van der Waals surface area contributed by atoms with Crippen LogP contribution in [0.25, 0.3) is 0 Å². The molecule has 0 heterocycles. The van der Waals surface area contributed by atoms with E-state index in [0.29, 0.717) is 0 Å². The van der Waals surface area contributed by atoms with Crippen LogP contribution in [-0.4, -0.2) is 18.1 Å². The molecular formula is C34H35F6FeOP3+. The summed E-state index contributed by atoms with van der Waals surface area (Å²) in [6, 6.07) is 44.2. The van der Waals surface area contributed by atoms with E-state index in [1.54, 1.807) is 0 Å². The quantitative estimate of drug-likeness (QED) is 0.106. The maximum absolute atomic E-state index is 10.7. The van der Waals surface area contributed by atoms with Gasteiger partial charge in [0.1, 0.15) is 5.78 Å². The monoisotopic (exact) mass is 722 g/mol. The second-order valence-electron chi connectivity index (χ2n) is 9.47. The molecule has 1 aliphatic rings. The second kappa shape index (κ2) is 18.9. The second-order valence-corrected chi connectivity index (χ2v) is 16.1. The summed E-state index contributed by atoms with van der Waals surface area (Å²) in [5.74, 6) is 0.167. The van der Waals surface area contributed by atoms with Crippen molar-refractivity contribution in [1.82, 2.24) is 0 Å². The van der Waals surface area contributed by atoms with Crippen molar-refractivity contribution in [3.8, 4) is 0 Å². The Balaban J connectivity index is 0.000000490. The summed E-state index contributed by atoms with van der Waals surface area (Å²) < 4.78 is 59.2.